The smallest absolute Gasteiger partial charge is 0.326 e. The van der Waals surface area contributed by atoms with E-state index < -0.39 is 41.8 Å². The Balaban J connectivity index is 2.93. The molecule has 0 aromatic rings. The second-order valence-electron chi connectivity index (χ2n) is 7.88. The Labute approximate surface area is 197 Å². The van der Waals surface area contributed by atoms with Crippen LogP contribution in [0, 0.1) is 10.8 Å². The molecule has 0 spiro atoms. The number of hydrogen-bond acceptors (Lipinski definition) is 7. The molecule has 0 aromatic carbocycles. The van der Waals surface area contributed by atoms with Crippen LogP contribution in [0.1, 0.15) is 38.5 Å². The van der Waals surface area contributed by atoms with Crippen molar-refractivity contribution in [2.75, 3.05) is 26.2 Å². The van der Waals surface area contributed by atoms with Crippen LogP contribution in [0.4, 0.5) is 0 Å². The van der Waals surface area contributed by atoms with Crippen molar-refractivity contribution in [2.45, 2.75) is 56.7 Å². The molecule has 192 valence electrons. The van der Waals surface area contributed by atoms with Gasteiger partial charge in [-0.3, -0.25) is 25.2 Å². The Morgan fingerprint density at radius 2 is 1.53 bits per heavy atom. The van der Waals surface area contributed by atoms with Crippen molar-refractivity contribution in [3.05, 3.63) is 0 Å². The van der Waals surface area contributed by atoms with Crippen LogP contribution in [-0.2, 0) is 19.2 Å². The summed E-state index contributed by atoms with van der Waals surface area (Å²) in [6.07, 6.45) is 1.96. The fourth-order valence-electron chi connectivity index (χ4n) is 3.60. The van der Waals surface area contributed by atoms with Crippen molar-refractivity contribution in [3.8, 4) is 0 Å². The highest BCUT2D eigenvalue weighted by molar-refractivity contribution is 5.93. The maximum absolute atomic E-state index is 13.2. The summed E-state index contributed by atoms with van der Waals surface area (Å²) in [6.45, 7) is 0.507. The number of nitrogens with zero attached hydrogens (tertiary/aromatic N) is 1. The molecule has 34 heavy (non-hydrogen) atoms. The van der Waals surface area contributed by atoms with Crippen LogP contribution in [0.15, 0.2) is 0 Å². The van der Waals surface area contributed by atoms with Crippen molar-refractivity contribution in [1.82, 2.24) is 26.2 Å². The molecule has 15 heteroatoms. The van der Waals surface area contributed by atoms with Crippen molar-refractivity contribution in [1.29, 1.82) is 10.8 Å². The van der Waals surface area contributed by atoms with Crippen LogP contribution in [0.3, 0.4) is 0 Å². The monoisotopic (exact) mass is 484 g/mol. The number of carboxylic acid groups (broad SMARTS) is 1. The third-order valence-electron chi connectivity index (χ3n) is 5.24. The first-order chi connectivity index (χ1) is 16.1. The summed E-state index contributed by atoms with van der Waals surface area (Å²) in [5.74, 6) is -3.27. The van der Waals surface area contributed by atoms with Crippen LogP contribution in [0.2, 0.25) is 0 Å². The molecule has 15 nitrogen and oxygen atoms in total. The number of guanidine groups is 2. The molecule has 13 N–H and O–H groups in total. The summed E-state index contributed by atoms with van der Waals surface area (Å²) in [6, 6.07) is -2.99. The molecule has 0 bridgehead atoms. The number of carbonyl (C=O) groups is 4. The highest BCUT2D eigenvalue weighted by Gasteiger charge is 2.38. The molecule has 0 radical (unpaired) electrons. The normalized spacial score (nSPS) is 16.7. The van der Waals surface area contributed by atoms with Crippen LogP contribution in [0.5, 0.6) is 0 Å². The minimum atomic E-state index is -1.11. The van der Waals surface area contributed by atoms with Crippen molar-refractivity contribution < 1.29 is 24.3 Å². The Morgan fingerprint density at radius 1 is 0.971 bits per heavy atom. The van der Waals surface area contributed by atoms with Gasteiger partial charge < -0.3 is 48.5 Å². The maximum atomic E-state index is 13.2. The molecule has 3 atom stereocenters. The topological polar surface area (TPSA) is 266 Å². The second-order valence-corrected chi connectivity index (χ2v) is 7.88. The summed E-state index contributed by atoms with van der Waals surface area (Å²) in [5, 5.41) is 34.2. The van der Waals surface area contributed by atoms with E-state index in [-0.39, 0.29) is 44.4 Å². The summed E-state index contributed by atoms with van der Waals surface area (Å²) in [4.78, 5) is 50.8. The number of hydrogen-bond donors (Lipinski definition) is 10. The van der Waals surface area contributed by atoms with Gasteiger partial charge in [0.25, 0.3) is 0 Å². The number of rotatable bonds is 14. The van der Waals surface area contributed by atoms with Gasteiger partial charge in [0.05, 0.1) is 6.54 Å². The SMILES string of the molecule is N=C(N)NCCC[C@H](NC(=O)CN)C(=O)N[C@@H](CCCNC(=N)N)C(=O)N1CCC[C@H]1C(=O)O. The summed E-state index contributed by atoms with van der Waals surface area (Å²) < 4.78 is 0. The lowest BCUT2D eigenvalue weighted by Gasteiger charge is -2.29. The first-order valence-corrected chi connectivity index (χ1v) is 11.1. The van der Waals surface area contributed by atoms with E-state index in [9.17, 15) is 24.3 Å². The van der Waals surface area contributed by atoms with Crippen LogP contribution in [-0.4, -0.2) is 89.9 Å². The minimum Gasteiger partial charge on any atom is -0.480 e. The fraction of sp³-hybridized carbons (Fsp3) is 0.684. The molecular formula is C19H36N10O5. The standard InChI is InChI=1S/C19H36N10O5/c20-10-14(30)27-11(4-1-7-25-18(21)22)15(31)28-12(5-2-8-26-19(23)24)16(32)29-9-3-6-13(29)17(33)34/h11-13H,1-10,20H2,(H,27,30)(H,28,31)(H,33,34)(H4,21,22,25)(H4,23,24,26)/t11-,12-,13-/m0/s1. The molecular weight excluding hydrogens is 448 g/mol. The van der Waals surface area contributed by atoms with E-state index in [4.69, 9.17) is 28.0 Å². The highest BCUT2D eigenvalue weighted by atomic mass is 16.4. The number of carboxylic acids is 1. The number of amides is 3. The minimum absolute atomic E-state index is 0.164. The van der Waals surface area contributed by atoms with E-state index >= 15 is 0 Å². The highest BCUT2D eigenvalue weighted by Crippen LogP contribution is 2.19. The predicted octanol–water partition coefficient (Wildman–Crippen LogP) is -3.48. The number of carbonyl (C=O) groups excluding carboxylic acids is 3. The van der Waals surface area contributed by atoms with Gasteiger partial charge in [0.15, 0.2) is 11.9 Å². The molecule has 1 aliphatic rings. The van der Waals surface area contributed by atoms with Crippen LogP contribution in [0.25, 0.3) is 0 Å². The average Bonchev–Trinajstić information content (AvgIpc) is 3.27. The van der Waals surface area contributed by atoms with Gasteiger partial charge in [-0.15, -0.1) is 0 Å². The average molecular weight is 485 g/mol. The first kappa shape index (κ1) is 28.4. The molecule has 1 aliphatic heterocycles. The number of likely N-dealkylation sites (tertiary alicyclic amines) is 1. The van der Waals surface area contributed by atoms with Gasteiger partial charge in [0, 0.05) is 19.6 Å². The lowest BCUT2D eigenvalue weighted by atomic mass is 10.1. The largest absolute Gasteiger partial charge is 0.480 e. The lowest BCUT2D eigenvalue weighted by Crippen LogP contribution is -2.56. The van der Waals surface area contributed by atoms with Crippen molar-refractivity contribution in [2.24, 2.45) is 17.2 Å². The van der Waals surface area contributed by atoms with Gasteiger partial charge in [-0.1, -0.05) is 0 Å². The summed E-state index contributed by atoms with van der Waals surface area (Å²) in [7, 11) is 0. The quantitative estimate of drug-likeness (QED) is 0.0660. The van der Waals surface area contributed by atoms with Crippen molar-refractivity contribution in [3.63, 3.8) is 0 Å². The molecule has 3 amide bonds. The molecule has 1 saturated heterocycles. The van der Waals surface area contributed by atoms with E-state index in [1.165, 1.54) is 4.90 Å². The van der Waals surface area contributed by atoms with Gasteiger partial charge in [-0.2, -0.15) is 0 Å². The van der Waals surface area contributed by atoms with Gasteiger partial charge in [0.1, 0.15) is 18.1 Å². The van der Waals surface area contributed by atoms with Crippen LogP contribution >= 0.6 is 0 Å². The van der Waals surface area contributed by atoms with Gasteiger partial charge in [-0.25, -0.2) is 4.79 Å². The van der Waals surface area contributed by atoms with Gasteiger partial charge >= 0.3 is 5.97 Å². The van der Waals surface area contributed by atoms with Gasteiger partial charge in [0.2, 0.25) is 17.7 Å². The zero-order chi connectivity index (χ0) is 25.7. The molecule has 0 unspecified atom stereocenters. The zero-order valence-electron chi connectivity index (χ0n) is 19.1. The second kappa shape index (κ2) is 14.5. The lowest BCUT2D eigenvalue weighted by molar-refractivity contribution is -0.149. The number of nitrogens with two attached hydrogens (primary N) is 3. The van der Waals surface area contributed by atoms with Gasteiger partial charge in [-0.05, 0) is 38.5 Å². The van der Waals surface area contributed by atoms with Crippen LogP contribution < -0.4 is 38.5 Å². The van der Waals surface area contributed by atoms with E-state index in [1.54, 1.807) is 0 Å². The molecule has 1 rings (SSSR count). The van der Waals surface area contributed by atoms with Crippen molar-refractivity contribution >= 4 is 35.6 Å². The zero-order valence-corrected chi connectivity index (χ0v) is 19.1. The number of aliphatic carboxylic acids is 1. The molecule has 0 aromatic heterocycles. The molecule has 0 aliphatic carbocycles. The third kappa shape index (κ3) is 9.89. The Morgan fingerprint density at radius 3 is 2.03 bits per heavy atom. The molecule has 0 saturated carbocycles. The third-order valence-corrected chi connectivity index (χ3v) is 5.24. The van der Waals surface area contributed by atoms with E-state index in [0.29, 0.717) is 32.2 Å². The fourth-order valence-corrected chi connectivity index (χ4v) is 3.60. The maximum Gasteiger partial charge on any atom is 0.326 e. The molecule has 1 heterocycles. The first-order valence-electron chi connectivity index (χ1n) is 11.1. The Hall–Kier alpha value is -3.62. The number of nitrogens with one attached hydrogen (secondary N) is 6. The Kier molecular flexibility index (Phi) is 12.1. The summed E-state index contributed by atoms with van der Waals surface area (Å²) in [5.41, 5.74) is 15.8. The predicted molar refractivity (Wildman–Crippen MR) is 124 cm³/mol. The van der Waals surface area contributed by atoms with E-state index in [0.717, 1.165) is 0 Å². The van der Waals surface area contributed by atoms with E-state index in [1.807, 2.05) is 0 Å². The van der Waals surface area contributed by atoms with E-state index in [2.05, 4.69) is 21.3 Å². The summed E-state index contributed by atoms with van der Waals surface area (Å²) >= 11 is 0. The Bertz CT molecular complexity index is 762. The molecule has 1 fully saturated rings.